The smallest absolute Gasteiger partial charge is 0.326 e. The largest absolute Gasteiger partial charge is 0.490 e. The van der Waals surface area contributed by atoms with Gasteiger partial charge < -0.3 is 10.1 Å². The highest BCUT2D eigenvalue weighted by Gasteiger charge is 2.68. The molecule has 0 aromatic heterocycles. The summed E-state index contributed by atoms with van der Waals surface area (Å²) in [5.41, 5.74) is -0.940. The summed E-state index contributed by atoms with van der Waals surface area (Å²) in [6, 6.07) is 8.07. The van der Waals surface area contributed by atoms with Crippen LogP contribution in [-0.4, -0.2) is 24.5 Å². The first-order chi connectivity index (χ1) is 13.5. The summed E-state index contributed by atoms with van der Waals surface area (Å²) in [5.74, 6) is -3.43. The van der Waals surface area contributed by atoms with E-state index in [1.807, 2.05) is 0 Å². The molecular weight excluding hydrogens is 449 g/mol. The van der Waals surface area contributed by atoms with E-state index in [0.717, 1.165) is 0 Å². The lowest BCUT2D eigenvalue weighted by molar-refractivity contribution is 0.0499. The topological polar surface area (TPSA) is 67.4 Å². The number of rotatable bonds is 5. The van der Waals surface area contributed by atoms with Crippen LogP contribution in [0.1, 0.15) is 23.7 Å². The maximum absolute atomic E-state index is 13.3. The molecule has 2 aromatic rings. The third kappa shape index (κ3) is 4.74. The molecule has 2 aromatic carbocycles. The minimum absolute atomic E-state index is 0.0257. The van der Waals surface area contributed by atoms with Crippen LogP contribution in [0.25, 0.3) is 0 Å². The van der Waals surface area contributed by atoms with Gasteiger partial charge in [-0.3, -0.25) is 10.1 Å². The third-order valence-corrected chi connectivity index (χ3v) is 5.40. The van der Waals surface area contributed by atoms with Gasteiger partial charge >= 0.3 is 6.03 Å². The van der Waals surface area contributed by atoms with Crippen molar-refractivity contribution in [2.75, 3.05) is 11.9 Å². The quantitative estimate of drug-likeness (QED) is 0.569. The molecule has 1 aliphatic carbocycles. The molecule has 3 rings (SSSR count). The second-order valence-corrected chi connectivity index (χ2v) is 8.11. The molecule has 1 aliphatic rings. The Bertz CT molecular complexity index is 964. The zero-order valence-electron chi connectivity index (χ0n) is 15.0. The molecular formula is C19H15Cl3F2N2O3. The van der Waals surface area contributed by atoms with Crippen LogP contribution >= 0.6 is 34.8 Å². The summed E-state index contributed by atoms with van der Waals surface area (Å²) in [6.07, 6.45) is -0.269. The van der Waals surface area contributed by atoms with Gasteiger partial charge in [0.2, 0.25) is 0 Å². The minimum Gasteiger partial charge on any atom is -0.490 e. The van der Waals surface area contributed by atoms with Gasteiger partial charge in [-0.05, 0) is 24.3 Å². The first kappa shape index (κ1) is 21.6. The number of ether oxygens (including phenoxy) is 1. The molecule has 0 bridgehead atoms. The van der Waals surface area contributed by atoms with Gasteiger partial charge in [0, 0.05) is 12.1 Å². The predicted octanol–water partition coefficient (Wildman–Crippen LogP) is 6.03. The number of halogens is 5. The van der Waals surface area contributed by atoms with Crippen molar-refractivity contribution < 1.29 is 23.1 Å². The molecule has 1 unspecified atom stereocenters. The Labute approximate surface area is 180 Å². The van der Waals surface area contributed by atoms with Crippen molar-refractivity contribution in [1.82, 2.24) is 5.32 Å². The number of hydrogen-bond donors (Lipinski definition) is 2. The molecule has 154 valence electrons. The second kappa shape index (κ2) is 7.97. The average Bonchev–Trinajstić information content (AvgIpc) is 3.11. The van der Waals surface area contributed by atoms with Crippen molar-refractivity contribution in [2.45, 2.75) is 19.3 Å². The number of alkyl halides is 2. The van der Waals surface area contributed by atoms with Crippen molar-refractivity contribution >= 4 is 52.4 Å². The molecule has 2 N–H and O–H groups in total. The zero-order valence-corrected chi connectivity index (χ0v) is 17.3. The van der Waals surface area contributed by atoms with Gasteiger partial charge in [0.1, 0.15) is 0 Å². The Hall–Kier alpha value is -2.09. The molecule has 1 saturated carbocycles. The van der Waals surface area contributed by atoms with Crippen molar-refractivity contribution in [1.29, 1.82) is 0 Å². The first-order valence-electron chi connectivity index (χ1n) is 8.39. The van der Waals surface area contributed by atoms with Crippen molar-refractivity contribution in [3.63, 3.8) is 0 Å². The number of nitrogens with one attached hydrogen (secondary N) is 2. The zero-order chi connectivity index (χ0) is 21.4. The van der Waals surface area contributed by atoms with Crippen LogP contribution < -0.4 is 15.4 Å². The SMILES string of the molecule is CC1(COc2c(Cl)cc(NC(=O)NC(=O)c3ccccc3Cl)cc2Cl)CC1(F)F. The number of amides is 3. The van der Waals surface area contributed by atoms with Gasteiger partial charge in [-0.2, -0.15) is 0 Å². The first-order valence-corrected chi connectivity index (χ1v) is 9.52. The molecule has 0 aliphatic heterocycles. The van der Waals surface area contributed by atoms with E-state index < -0.39 is 23.3 Å². The summed E-state index contributed by atoms with van der Waals surface area (Å²) in [6.45, 7) is 1.16. The van der Waals surface area contributed by atoms with Gasteiger partial charge in [-0.1, -0.05) is 53.9 Å². The van der Waals surface area contributed by atoms with E-state index in [9.17, 15) is 18.4 Å². The number of carbonyl (C=O) groups excluding carboxylic acids is 2. The van der Waals surface area contributed by atoms with E-state index in [2.05, 4.69) is 10.6 Å². The number of urea groups is 1. The molecule has 0 radical (unpaired) electrons. The fraction of sp³-hybridized carbons (Fsp3) is 0.263. The normalized spacial score (nSPS) is 19.4. The molecule has 29 heavy (non-hydrogen) atoms. The molecule has 0 heterocycles. The van der Waals surface area contributed by atoms with Crippen molar-refractivity contribution in [3.05, 3.63) is 57.0 Å². The standard InChI is InChI=1S/C19H15Cl3F2N2O3/c1-18(8-19(18,23)24)9-29-15-13(21)6-10(7-14(15)22)25-17(28)26-16(27)11-4-2-3-5-12(11)20/h2-7H,8-9H2,1H3,(H2,25,26,27,28). The highest BCUT2D eigenvalue weighted by Crippen LogP contribution is 2.60. The molecule has 5 nitrogen and oxygen atoms in total. The van der Waals surface area contributed by atoms with Crippen LogP contribution in [-0.2, 0) is 0 Å². The van der Waals surface area contributed by atoms with Crippen LogP contribution in [0.3, 0.4) is 0 Å². The van der Waals surface area contributed by atoms with Crippen LogP contribution in [0.4, 0.5) is 19.3 Å². The Morgan fingerprint density at radius 1 is 1.10 bits per heavy atom. The van der Waals surface area contributed by atoms with Crippen molar-refractivity contribution in [2.24, 2.45) is 5.41 Å². The average molecular weight is 464 g/mol. The Kier molecular flexibility index (Phi) is 5.94. The number of imide groups is 1. The monoisotopic (exact) mass is 462 g/mol. The molecule has 0 saturated heterocycles. The van der Waals surface area contributed by atoms with E-state index in [4.69, 9.17) is 39.5 Å². The van der Waals surface area contributed by atoms with E-state index in [1.165, 1.54) is 31.2 Å². The molecule has 0 spiro atoms. The van der Waals surface area contributed by atoms with Gasteiger partial charge in [0.15, 0.2) is 5.75 Å². The number of benzene rings is 2. The fourth-order valence-electron chi connectivity index (χ4n) is 2.58. The maximum atomic E-state index is 13.3. The Balaban J connectivity index is 1.63. The summed E-state index contributed by atoms with van der Waals surface area (Å²) >= 11 is 18.1. The third-order valence-electron chi connectivity index (χ3n) is 4.51. The van der Waals surface area contributed by atoms with Crippen LogP contribution in [0.2, 0.25) is 15.1 Å². The maximum Gasteiger partial charge on any atom is 0.326 e. The van der Waals surface area contributed by atoms with Crippen LogP contribution in [0.15, 0.2) is 36.4 Å². The van der Waals surface area contributed by atoms with Crippen molar-refractivity contribution in [3.8, 4) is 5.75 Å². The number of carbonyl (C=O) groups is 2. The lowest BCUT2D eigenvalue weighted by Gasteiger charge is -2.16. The fourth-order valence-corrected chi connectivity index (χ4v) is 3.40. The van der Waals surface area contributed by atoms with Gasteiger partial charge in [0.05, 0.1) is 32.7 Å². The van der Waals surface area contributed by atoms with Gasteiger partial charge in [-0.25, -0.2) is 13.6 Å². The molecule has 10 heteroatoms. The van der Waals surface area contributed by atoms with Gasteiger partial charge in [-0.15, -0.1) is 0 Å². The lowest BCUT2D eigenvalue weighted by Crippen LogP contribution is -2.34. The molecule has 1 atom stereocenters. The summed E-state index contributed by atoms with van der Waals surface area (Å²) in [7, 11) is 0. The molecule has 3 amide bonds. The van der Waals surface area contributed by atoms with Gasteiger partial charge in [0.25, 0.3) is 11.8 Å². The minimum atomic E-state index is -2.78. The van der Waals surface area contributed by atoms with E-state index in [1.54, 1.807) is 12.1 Å². The predicted molar refractivity (Wildman–Crippen MR) is 108 cm³/mol. The highest BCUT2D eigenvalue weighted by atomic mass is 35.5. The van der Waals surface area contributed by atoms with E-state index in [0.29, 0.717) is 0 Å². The number of hydrogen-bond acceptors (Lipinski definition) is 3. The molecule has 1 fully saturated rings. The Morgan fingerprint density at radius 2 is 1.69 bits per heavy atom. The van der Waals surface area contributed by atoms with E-state index >= 15 is 0 Å². The summed E-state index contributed by atoms with van der Waals surface area (Å²) in [4.78, 5) is 24.2. The lowest BCUT2D eigenvalue weighted by atomic mass is 10.1. The van der Waals surface area contributed by atoms with E-state index in [-0.39, 0.29) is 45.1 Å². The summed E-state index contributed by atoms with van der Waals surface area (Å²) in [5, 5.41) is 4.78. The number of anilines is 1. The van der Waals surface area contributed by atoms with Crippen LogP contribution in [0, 0.1) is 5.41 Å². The highest BCUT2D eigenvalue weighted by molar-refractivity contribution is 6.37. The Morgan fingerprint density at radius 3 is 2.24 bits per heavy atom. The second-order valence-electron chi connectivity index (χ2n) is 6.89. The van der Waals surface area contributed by atoms with Crippen LogP contribution in [0.5, 0.6) is 5.75 Å². The summed E-state index contributed by atoms with van der Waals surface area (Å²) < 4.78 is 32.0.